The summed E-state index contributed by atoms with van der Waals surface area (Å²) in [5.74, 6) is -1.53. The van der Waals surface area contributed by atoms with Gasteiger partial charge in [0, 0.05) is 0 Å². The number of rotatable bonds is 5. The maximum absolute atomic E-state index is 11.5. The van der Waals surface area contributed by atoms with Crippen LogP contribution in [0.2, 0.25) is 0 Å². The highest BCUT2D eigenvalue weighted by Crippen LogP contribution is 2.29. The van der Waals surface area contributed by atoms with Crippen molar-refractivity contribution in [2.75, 3.05) is 5.75 Å². The Hall–Kier alpha value is -2.02. The predicted molar refractivity (Wildman–Crippen MR) is 76.7 cm³/mol. The molecule has 1 amide bonds. The molecule has 1 unspecified atom stereocenters. The molecule has 0 bridgehead atoms. The molecule has 0 saturated carbocycles. The van der Waals surface area contributed by atoms with E-state index in [1.807, 2.05) is 25.1 Å². The van der Waals surface area contributed by atoms with Gasteiger partial charge in [0.15, 0.2) is 5.16 Å². The van der Waals surface area contributed by atoms with Crippen molar-refractivity contribution in [3.8, 4) is 0 Å². The molecule has 0 aliphatic rings. The number of para-hydroxylation sites is 1. The third-order valence-electron chi connectivity index (χ3n) is 3.01. The van der Waals surface area contributed by atoms with Crippen molar-refractivity contribution in [2.45, 2.75) is 25.0 Å². The Morgan fingerprint density at radius 1 is 1.50 bits per heavy atom. The molecule has 1 aromatic heterocycles. The Morgan fingerprint density at radius 3 is 2.80 bits per heavy atom. The molecule has 1 atom stereocenters. The highest BCUT2D eigenvalue weighted by molar-refractivity contribution is 7.99. The fourth-order valence-electron chi connectivity index (χ4n) is 1.97. The average molecular weight is 293 g/mol. The van der Waals surface area contributed by atoms with Gasteiger partial charge >= 0.3 is 5.97 Å². The maximum Gasteiger partial charge on any atom is 0.313 e. The lowest BCUT2D eigenvalue weighted by atomic mass is 10.2. The number of fused-ring (bicyclic) bond motifs is 1. The first kappa shape index (κ1) is 14.4. The second-order valence-corrected chi connectivity index (χ2v) is 5.41. The molecule has 0 radical (unpaired) electrons. The first-order chi connectivity index (χ1) is 9.41. The van der Waals surface area contributed by atoms with Gasteiger partial charge in [0.1, 0.15) is 6.04 Å². The fourth-order valence-corrected chi connectivity index (χ4v) is 2.77. The fraction of sp³-hybridized carbons (Fsp3) is 0.308. The van der Waals surface area contributed by atoms with E-state index >= 15 is 0 Å². The molecule has 0 saturated heterocycles. The van der Waals surface area contributed by atoms with E-state index < -0.39 is 17.9 Å². The first-order valence-electron chi connectivity index (χ1n) is 6.03. The Bertz CT molecular complexity index is 681. The van der Waals surface area contributed by atoms with Crippen LogP contribution in [0.3, 0.4) is 0 Å². The van der Waals surface area contributed by atoms with Crippen LogP contribution in [0, 0.1) is 6.92 Å². The van der Waals surface area contributed by atoms with Crippen LogP contribution in [0.1, 0.15) is 18.5 Å². The van der Waals surface area contributed by atoms with Crippen molar-refractivity contribution < 1.29 is 14.7 Å². The number of aliphatic carboxylic acids is 1. The minimum atomic E-state index is -0.933. The van der Waals surface area contributed by atoms with E-state index in [1.54, 1.807) is 11.5 Å². The third kappa shape index (κ3) is 2.62. The van der Waals surface area contributed by atoms with Crippen molar-refractivity contribution in [3.05, 3.63) is 23.8 Å². The minimum absolute atomic E-state index is 0.117. The van der Waals surface area contributed by atoms with E-state index in [4.69, 9.17) is 10.8 Å². The molecular weight excluding hydrogens is 278 g/mol. The molecule has 0 spiro atoms. The Balaban J connectivity index is 2.59. The number of hydrogen-bond donors (Lipinski definition) is 2. The molecule has 0 aliphatic heterocycles. The van der Waals surface area contributed by atoms with Crippen LogP contribution in [-0.2, 0) is 9.59 Å². The summed E-state index contributed by atoms with van der Waals surface area (Å²) < 4.78 is 1.69. The van der Waals surface area contributed by atoms with E-state index in [-0.39, 0.29) is 5.75 Å². The molecule has 2 rings (SSSR count). The van der Waals surface area contributed by atoms with Gasteiger partial charge in [-0.1, -0.05) is 23.9 Å². The van der Waals surface area contributed by atoms with Crippen molar-refractivity contribution in [1.29, 1.82) is 0 Å². The number of aryl methyl sites for hydroxylation is 1. The number of nitrogens with two attached hydrogens (primary N) is 1. The first-order valence-corrected chi connectivity index (χ1v) is 7.02. The van der Waals surface area contributed by atoms with E-state index in [1.165, 1.54) is 0 Å². The van der Waals surface area contributed by atoms with E-state index in [9.17, 15) is 9.59 Å². The largest absolute Gasteiger partial charge is 0.481 e. The monoisotopic (exact) mass is 293 g/mol. The number of nitrogens with zero attached hydrogens (tertiary/aromatic N) is 2. The number of carboxylic acid groups (broad SMARTS) is 1. The topological polar surface area (TPSA) is 98.2 Å². The van der Waals surface area contributed by atoms with Crippen LogP contribution >= 0.6 is 11.8 Å². The van der Waals surface area contributed by atoms with Crippen LogP contribution in [0.25, 0.3) is 11.0 Å². The van der Waals surface area contributed by atoms with Crippen LogP contribution < -0.4 is 5.73 Å². The van der Waals surface area contributed by atoms with E-state index in [2.05, 4.69) is 4.98 Å². The third-order valence-corrected chi connectivity index (χ3v) is 3.95. The van der Waals surface area contributed by atoms with Gasteiger partial charge in [-0.2, -0.15) is 0 Å². The van der Waals surface area contributed by atoms with Gasteiger partial charge in [-0.25, -0.2) is 4.98 Å². The number of primary amides is 1. The van der Waals surface area contributed by atoms with Crippen molar-refractivity contribution in [3.63, 3.8) is 0 Å². The Morgan fingerprint density at radius 2 is 2.20 bits per heavy atom. The Labute approximate surface area is 120 Å². The van der Waals surface area contributed by atoms with Crippen molar-refractivity contribution in [2.24, 2.45) is 5.73 Å². The zero-order valence-corrected chi connectivity index (χ0v) is 12.0. The molecular formula is C13H15N3O3S. The number of carbonyl (C=O) groups is 2. The molecule has 1 heterocycles. The number of thioether (sulfide) groups is 1. The van der Waals surface area contributed by atoms with Gasteiger partial charge in [0.05, 0.1) is 16.8 Å². The average Bonchev–Trinajstić information content (AvgIpc) is 2.75. The van der Waals surface area contributed by atoms with Crippen LogP contribution in [-0.4, -0.2) is 32.3 Å². The van der Waals surface area contributed by atoms with Gasteiger partial charge < -0.3 is 15.4 Å². The standard InChI is InChI=1S/C13H15N3O3S/c1-7-4-3-5-9-11(7)15-13(20-6-10(17)18)16(9)8(2)12(14)19/h3-5,8H,6H2,1-2H3,(H2,14,19)(H,17,18). The highest BCUT2D eigenvalue weighted by atomic mass is 32.2. The summed E-state index contributed by atoms with van der Waals surface area (Å²) in [6.45, 7) is 3.59. The molecule has 2 aromatic rings. The number of amides is 1. The van der Waals surface area contributed by atoms with Gasteiger partial charge in [0.2, 0.25) is 5.91 Å². The predicted octanol–water partition coefficient (Wildman–Crippen LogP) is 1.57. The summed E-state index contributed by atoms with van der Waals surface area (Å²) in [4.78, 5) is 26.6. The van der Waals surface area contributed by atoms with E-state index in [0.29, 0.717) is 5.16 Å². The van der Waals surface area contributed by atoms with Gasteiger partial charge in [-0.15, -0.1) is 0 Å². The maximum atomic E-state index is 11.5. The molecule has 1 aromatic carbocycles. The Kier molecular flexibility index (Phi) is 3.99. The van der Waals surface area contributed by atoms with Gasteiger partial charge in [-0.05, 0) is 25.5 Å². The molecule has 20 heavy (non-hydrogen) atoms. The van der Waals surface area contributed by atoms with Gasteiger partial charge in [0.25, 0.3) is 0 Å². The van der Waals surface area contributed by atoms with E-state index in [0.717, 1.165) is 28.4 Å². The number of benzene rings is 1. The lowest BCUT2D eigenvalue weighted by Gasteiger charge is -2.13. The van der Waals surface area contributed by atoms with Crippen LogP contribution in [0.4, 0.5) is 0 Å². The number of carbonyl (C=O) groups excluding carboxylic acids is 1. The van der Waals surface area contributed by atoms with Gasteiger partial charge in [-0.3, -0.25) is 9.59 Å². The number of aromatic nitrogens is 2. The smallest absolute Gasteiger partial charge is 0.313 e. The summed E-state index contributed by atoms with van der Waals surface area (Å²) in [6.07, 6.45) is 0. The van der Waals surface area contributed by atoms with Crippen molar-refractivity contribution in [1.82, 2.24) is 9.55 Å². The summed E-state index contributed by atoms with van der Waals surface area (Å²) in [6, 6.07) is 5.05. The SMILES string of the molecule is Cc1cccc2c1nc(SCC(=O)O)n2C(C)C(N)=O. The molecule has 0 aliphatic carbocycles. The second-order valence-electron chi connectivity index (χ2n) is 4.47. The highest BCUT2D eigenvalue weighted by Gasteiger charge is 2.21. The summed E-state index contributed by atoms with van der Waals surface area (Å²) in [5, 5.41) is 9.28. The van der Waals surface area contributed by atoms with Crippen LogP contribution in [0.5, 0.6) is 0 Å². The van der Waals surface area contributed by atoms with Crippen LogP contribution in [0.15, 0.2) is 23.4 Å². The molecule has 7 heteroatoms. The zero-order valence-electron chi connectivity index (χ0n) is 11.2. The molecule has 6 nitrogen and oxygen atoms in total. The molecule has 3 N–H and O–H groups in total. The lowest BCUT2D eigenvalue weighted by molar-refractivity contribution is -0.133. The normalized spacial score (nSPS) is 12.5. The number of hydrogen-bond acceptors (Lipinski definition) is 4. The number of carboxylic acids is 1. The molecule has 0 fully saturated rings. The quantitative estimate of drug-likeness (QED) is 0.815. The zero-order chi connectivity index (χ0) is 14.9. The summed E-state index contributed by atoms with van der Waals surface area (Å²) in [5.41, 5.74) is 7.88. The summed E-state index contributed by atoms with van der Waals surface area (Å²) in [7, 11) is 0. The van der Waals surface area contributed by atoms with Crippen molar-refractivity contribution >= 4 is 34.7 Å². The lowest BCUT2D eigenvalue weighted by Crippen LogP contribution is -2.24. The summed E-state index contributed by atoms with van der Waals surface area (Å²) >= 11 is 1.08. The molecule has 106 valence electrons. The number of imidazole rings is 1. The minimum Gasteiger partial charge on any atom is -0.481 e. The second kappa shape index (κ2) is 5.54.